The molecule has 0 bridgehead atoms. The molecule has 1 aliphatic rings. The molecule has 4 N–H and O–H groups in total. The predicted octanol–water partition coefficient (Wildman–Crippen LogP) is 5.94. The molecule has 1 atom stereocenters. The lowest BCUT2D eigenvalue weighted by Gasteiger charge is -2.33. The number of aliphatic hydroxyl groups is 1. The summed E-state index contributed by atoms with van der Waals surface area (Å²) >= 11 is 0. The third kappa shape index (κ3) is 6.20. The summed E-state index contributed by atoms with van der Waals surface area (Å²) in [6, 6.07) is 4.39. The first-order valence-corrected chi connectivity index (χ1v) is 13.8. The van der Waals surface area contributed by atoms with Gasteiger partial charge in [-0.25, -0.2) is 4.79 Å². The number of imide groups is 1. The van der Waals surface area contributed by atoms with E-state index in [0.29, 0.717) is 25.0 Å². The van der Waals surface area contributed by atoms with Gasteiger partial charge in [-0.1, -0.05) is 39.7 Å². The highest BCUT2D eigenvalue weighted by Gasteiger charge is 2.71. The number of ether oxygens (including phenoxy) is 1. The lowest BCUT2D eigenvalue weighted by molar-refractivity contribution is -0.376. The molecule has 1 saturated heterocycles. The van der Waals surface area contributed by atoms with E-state index in [2.05, 4.69) is 5.32 Å². The summed E-state index contributed by atoms with van der Waals surface area (Å²) in [7, 11) is 0. The second kappa shape index (κ2) is 12.5. The normalized spacial score (nSPS) is 17.9. The van der Waals surface area contributed by atoms with Gasteiger partial charge in [-0.2, -0.15) is 26.3 Å². The van der Waals surface area contributed by atoms with Gasteiger partial charge in [0.05, 0.1) is 6.61 Å². The van der Waals surface area contributed by atoms with Gasteiger partial charge in [0.1, 0.15) is 11.3 Å². The molecule has 14 heteroatoms. The Morgan fingerprint density at radius 2 is 1.44 bits per heavy atom. The second-order valence-electron chi connectivity index (χ2n) is 10.4. The zero-order valence-electron chi connectivity index (χ0n) is 23.8. The number of carbonyl (C=O) groups excluding carboxylic acids is 2. The van der Waals surface area contributed by atoms with E-state index < -0.39 is 52.5 Å². The number of alkyl halides is 6. The number of hydrogen-bond donors (Lipinski definition) is 4. The monoisotopic (exact) mass is 620 g/mol. The maximum atomic E-state index is 13.6. The molecule has 3 amide bonds. The molecule has 1 fully saturated rings. The Hall–Kier alpha value is -3.68. The molecule has 0 aliphatic carbocycles. The van der Waals surface area contributed by atoms with E-state index in [9.17, 15) is 51.3 Å². The molecule has 0 saturated carbocycles. The SMILES string of the molecule is CCCc1cc(C(O)(C(F)(F)F)C(F)(F)F)cc(CCC)c1OCCCN1C(=O)NC(CC)(c2ccc(O)c(O)c2)C1=O. The fraction of sp³-hybridized carbons (Fsp3) is 0.517. The number of hydrogen-bond acceptors (Lipinski definition) is 6. The summed E-state index contributed by atoms with van der Waals surface area (Å²) in [5, 5.41) is 32.2. The fourth-order valence-electron chi connectivity index (χ4n) is 5.20. The zero-order chi connectivity index (χ0) is 32.4. The Labute approximate surface area is 244 Å². The molecule has 3 rings (SSSR count). The molecule has 2 aromatic carbocycles. The summed E-state index contributed by atoms with van der Waals surface area (Å²) < 4.78 is 87.6. The van der Waals surface area contributed by atoms with Gasteiger partial charge >= 0.3 is 18.4 Å². The van der Waals surface area contributed by atoms with Crippen LogP contribution in [-0.2, 0) is 28.8 Å². The van der Waals surface area contributed by atoms with Crippen molar-refractivity contribution in [2.75, 3.05) is 13.2 Å². The van der Waals surface area contributed by atoms with Crippen molar-refractivity contribution in [3.8, 4) is 17.2 Å². The largest absolute Gasteiger partial charge is 0.504 e. The van der Waals surface area contributed by atoms with Gasteiger partial charge in [0.2, 0.25) is 0 Å². The number of benzene rings is 2. The van der Waals surface area contributed by atoms with E-state index in [1.54, 1.807) is 20.8 Å². The number of nitrogens with zero attached hydrogens (tertiary/aromatic N) is 1. The minimum absolute atomic E-state index is 0.0579. The number of aryl methyl sites for hydroxylation is 2. The van der Waals surface area contributed by atoms with Gasteiger partial charge in [0.25, 0.3) is 11.5 Å². The summed E-state index contributed by atoms with van der Waals surface area (Å²) in [5.41, 5.74) is -7.54. The molecular weight excluding hydrogens is 586 g/mol. The van der Waals surface area contributed by atoms with Crippen molar-refractivity contribution in [2.45, 2.75) is 82.8 Å². The van der Waals surface area contributed by atoms with Crippen molar-refractivity contribution in [3.05, 3.63) is 52.6 Å². The van der Waals surface area contributed by atoms with Crippen LogP contribution in [0, 0.1) is 0 Å². The van der Waals surface area contributed by atoms with Crippen LogP contribution in [0.25, 0.3) is 0 Å². The van der Waals surface area contributed by atoms with Crippen molar-refractivity contribution in [3.63, 3.8) is 0 Å². The number of rotatable bonds is 12. The molecular formula is C29H34F6N2O6. The minimum atomic E-state index is -6.03. The Morgan fingerprint density at radius 3 is 1.91 bits per heavy atom. The van der Waals surface area contributed by atoms with Crippen molar-refractivity contribution >= 4 is 11.9 Å². The van der Waals surface area contributed by atoms with E-state index in [1.807, 2.05) is 0 Å². The molecule has 1 heterocycles. The minimum Gasteiger partial charge on any atom is -0.504 e. The highest BCUT2D eigenvalue weighted by Crippen LogP contribution is 2.51. The third-order valence-corrected chi connectivity index (χ3v) is 7.47. The van der Waals surface area contributed by atoms with Gasteiger partial charge in [-0.3, -0.25) is 9.69 Å². The summed E-state index contributed by atoms with van der Waals surface area (Å²) in [6.45, 7) is 4.76. The zero-order valence-corrected chi connectivity index (χ0v) is 23.8. The standard InChI is InChI=1S/C29H34F6N2O6/c1-4-8-17-14-20(27(42,28(30,31)32)29(33,34)35)15-18(9-5-2)23(17)43-13-7-12-37-24(40)26(6-3,36-25(37)41)19-10-11-21(38)22(39)16-19/h10-11,14-16,38-39,42H,4-9,12-13H2,1-3H3,(H,36,41). The maximum absolute atomic E-state index is 13.6. The summed E-state index contributed by atoms with van der Waals surface area (Å²) in [6.07, 6.45) is -11.0. The molecule has 238 valence electrons. The first-order chi connectivity index (χ1) is 20.0. The first kappa shape index (κ1) is 33.8. The van der Waals surface area contributed by atoms with Crippen LogP contribution in [-0.4, -0.2) is 57.7 Å². The van der Waals surface area contributed by atoms with Gasteiger partial charge in [0, 0.05) is 12.1 Å². The summed E-state index contributed by atoms with van der Waals surface area (Å²) in [4.78, 5) is 27.1. The first-order valence-electron chi connectivity index (χ1n) is 13.8. The van der Waals surface area contributed by atoms with Crippen LogP contribution < -0.4 is 10.1 Å². The molecule has 2 aromatic rings. The quantitative estimate of drug-likeness (QED) is 0.101. The van der Waals surface area contributed by atoms with Crippen molar-refractivity contribution in [1.29, 1.82) is 0 Å². The molecule has 0 spiro atoms. The van der Waals surface area contributed by atoms with Crippen LogP contribution in [0.2, 0.25) is 0 Å². The number of phenols is 2. The Bertz CT molecular complexity index is 1300. The number of amides is 3. The second-order valence-corrected chi connectivity index (χ2v) is 10.4. The van der Waals surface area contributed by atoms with E-state index in [1.165, 1.54) is 18.2 Å². The smallest absolute Gasteiger partial charge is 0.430 e. The van der Waals surface area contributed by atoms with Crippen LogP contribution in [0.5, 0.6) is 17.2 Å². The highest BCUT2D eigenvalue weighted by molar-refractivity contribution is 6.07. The number of carbonyl (C=O) groups is 2. The van der Waals surface area contributed by atoms with Crippen molar-refractivity contribution in [1.82, 2.24) is 10.2 Å². The Kier molecular flexibility index (Phi) is 9.84. The van der Waals surface area contributed by atoms with Crippen LogP contribution in [0.15, 0.2) is 30.3 Å². The number of phenolic OH excluding ortho intramolecular Hbond substituents is 2. The van der Waals surface area contributed by atoms with Crippen LogP contribution in [0.4, 0.5) is 31.1 Å². The average molecular weight is 621 g/mol. The number of nitrogens with one attached hydrogen (secondary N) is 1. The van der Waals surface area contributed by atoms with Gasteiger partial charge in [-0.15, -0.1) is 0 Å². The van der Waals surface area contributed by atoms with Crippen molar-refractivity contribution in [2.24, 2.45) is 0 Å². The molecule has 8 nitrogen and oxygen atoms in total. The average Bonchev–Trinajstić information content (AvgIpc) is 3.17. The number of urea groups is 1. The Morgan fingerprint density at radius 1 is 0.884 bits per heavy atom. The topological polar surface area (TPSA) is 119 Å². The Balaban J connectivity index is 1.85. The van der Waals surface area contributed by atoms with E-state index >= 15 is 0 Å². The van der Waals surface area contributed by atoms with Crippen LogP contribution >= 0.6 is 0 Å². The van der Waals surface area contributed by atoms with E-state index in [-0.39, 0.29) is 61.3 Å². The number of aromatic hydroxyl groups is 2. The molecule has 1 unspecified atom stereocenters. The maximum Gasteiger partial charge on any atom is 0.430 e. The van der Waals surface area contributed by atoms with E-state index in [0.717, 1.165) is 4.90 Å². The van der Waals surface area contributed by atoms with Gasteiger partial charge in [0.15, 0.2) is 11.5 Å². The van der Waals surface area contributed by atoms with Gasteiger partial charge in [-0.05, 0) is 66.6 Å². The highest BCUT2D eigenvalue weighted by atomic mass is 19.4. The molecule has 1 aliphatic heterocycles. The lowest BCUT2D eigenvalue weighted by atomic mass is 9.87. The van der Waals surface area contributed by atoms with Crippen molar-refractivity contribution < 1.29 is 56.0 Å². The predicted molar refractivity (Wildman–Crippen MR) is 143 cm³/mol. The molecule has 0 radical (unpaired) electrons. The molecule has 43 heavy (non-hydrogen) atoms. The fourth-order valence-corrected chi connectivity index (χ4v) is 5.20. The molecule has 0 aromatic heterocycles. The van der Waals surface area contributed by atoms with Crippen LogP contribution in [0.3, 0.4) is 0 Å². The number of halogens is 6. The van der Waals surface area contributed by atoms with E-state index in [4.69, 9.17) is 4.74 Å². The van der Waals surface area contributed by atoms with Gasteiger partial charge < -0.3 is 25.4 Å². The lowest BCUT2D eigenvalue weighted by Crippen LogP contribution is -2.54. The third-order valence-electron chi connectivity index (χ3n) is 7.47. The van der Waals surface area contributed by atoms with Crippen LogP contribution in [0.1, 0.15) is 68.7 Å². The summed E-state index contributed by atoms with van der Waals surface area (Å²) in [5.74, 6) is -1.38.